The molecule has 1 N–H and O–H groups in total. The van der Waals surface area contributed by atoms with Gasteiger partial charge in [0.25, 0.3) is 0 Å². The Kier molecular flexibility index (Phi) is 6.40. The molecule has 2 aromatic carbocycles. The Hall–Kier alpha value is -1.39. The van der Waals surface area contributed by atoms with Crippen molar-refractivity contribution in [3.63, 3.8) is 0 Å². The van der Waals surface area contributed by atoms with Crippen LogP contribution < -0.4 is 5.32 Å². The van der Waals surface area contributed by atoms with Crippen LogP contribution >= 0.6 is 11.6 Å². The molecule has 0 atom stereocenters. The second-order valence-electron chi connectivity index (χ2n) is 5.86. The summed E-state index contributed by atoms with van der Waals surface area (Å²) in [6.07, 6.45) is 0. The van der Waals surface area contributed by atoms with Gasteiger partial charge in [0.2, 0.25) is 0 Å². The maximum absolute atomic E-state index is 6.02. The average molecular weight is 320 g/mol. The van der Waals surface area contributed by atoms with Crippen LogP contribution in [0.1, 0.15) is 11.1 Å². The van der Waals surface area contributed by atoms with Gasteiger partial charge in [-0.3, -0.25) is 0 Å². The Morgan fingerprint density at radius 2 is 1.73 bits per heavy atom. The van der Waals surface area contributed by atoms with Crippen molar-refractivity contribution in [2.75, 3.05) is 27.2 Å². The lowest BCUT2D eigenvalue weighted by molar-refractivity contribution is -1.09. The van der Waals surface area contributed by atoms with Gasteiger partial charge >= 0.3 is 0 Å². The normalized spacial score (nSPS) is 11.6. The van der Waals surface area contributed by atoms with Gasteiger partial charge in [-0.05, 0) is 17.7 Å². The van der Waals surface area contributed by atoms with Gasteiger partial charge in [0.15, 0.2) is 0 Å². The number of halogens is 1. The molecule has 3 nitrogen and oxygen atoms in total. The smallest absolute Gasteiger partial charge is 0.134 e. The Balaban J connectivity index is 1.69. The highest BCUT2D eigenvalue weighted by Gasteiger charge is 2.17. The molecular formula is C18H24ClN2O+. The third-order valence-electron chi connectivity index (χ3n) is 3.34. The van der Waals surface area contributed by atoms with Gasteiger partial charge in [0, 0.05) is 23.7 Å². The number of quaternary nitrogens is 1. The van der Waals surface area contributed by atoms with E-state index in [0.717, 1.165) is 24.7 Å². The standard InChI is InChI=1S/C18H24ClN2O/c1-21(2,15-17-9-6-10-18(19)13-17)22-12-11-20-14-16-7-4-3-5-8-16/h3-10,13,20H,11-12,14-15H2,1-2H3/q+1. The Labute approximate surface area is 138 Å². The fourth-order valence-corrected chi connectivity index (χ4v) is 2.53. The van der Waals surface area contributed by atoms with Gasteiger partial charge in [0.05, 0.1) is 14.1 Å². The first kappa shape index (κ1) is 17.0. The molecule has 0 aliphatic rings. The maximum atomic E-state index is 6.02. The summed E-state index contributed by atoms with van der Waals surface area (Å²) < 4.78 is 0.480. The fourth-order valence-electron chi connectivity index (χ4n) is 2.31. The van der Waals surface area contributed by atoms with Crippen LogP contribution in [0.15, 0.2) is 54.6 Å². The van der Waals surface area contributed by atoms with Crippen molar-refractivity contribution in [2.45, 2.75) is 13.1 Å². The van der Waals surface area contributed by atoms with E-state index in [1.807, 2.05) is 24.3 Å². The zero-order chi connectivity index (χ0) is 15.8. The number of hydrogen-bond acceptors (Lipinski definition) is 2. The van der Waals surface area contributed by atoms with Crippen LogP contribution in [0.5, 0.6) is 0 Å². The van der Waals surface area contributed by atoms with Crippen LogP contribution in [0.2, 0.25) is 5.02 Å². The Morgan fingerprint density at radius 1 is 1.00 bits per heavy atom. The number of nitrogens with one attached hydrogen (secondary N) is 1. The average Bonchev–Trinajstić information content (AvgIpc) is 2.47. The summed E-state index contributed by atoms with van der Waals surface area (Å²) >= 11 is 6.02. The Morgan fingerprint density at radius 3 is 2.45 bits per heavy atom. The van der Waals surface area contributed by atoms with Crippen LogP contribution in [-0.2, 0) is 17.9 Å². The first-order valence-corrected chi connectivity index (χ1v) is 7.90. The second-order valence-corrected chi connectivity index (χ2v) is 6.29. The van der Waals surface area contributed by atoms with Crippen molar-refractivity contribution in [1.82, 2.24) is 5.32 Å². The first-order chi connectivity index (χ1) is 10.6. The monoisotopic (exact) mass is 319 g/mol. The highest BCUT2D eigenvalue weighted by atomic mass is 35.5. The lowest BCUT2D eigenvalue weighted by atomic mass is 10.2. The molecule has 0 unspecified atom stereocenters. The van der Waals surface area contributed by atoms with Crippen LogP contribution in [0.25, 0.3) is 0 Å². The van der Waals surface area contributed by atoms with E-state index >= 15 is 0 Å². The summed E-state index contributed by atoms with van der Waals surface area (Å²) in [4.78, 5) is 5.94. The number of rotatable bonds is 8. The highest BCUT2D eigenvalue weighted by Crippen LogP contribution is 2.15. The van der Waals surface area contributed by atoms with Gasteiger partial charge in [-0.25, -0.2) is 4.84 Å². The lowest BCUT2D eigenvalue weighted by Crippen LogP contribution is -2.40. The minimum atomic E-state index is 0.480. The van der Waals surface area contributed by atoms with E-state index < -0.39 is 0 Å². The number of hydrogen-bond donors (Lipinski definition) is 1. The summed E-state index contributed by atoms with van der Waals surface area (Å²) in [6.45, 7) is 3.15. The lowest BCUT2D eigenvalue weighted by Gasteiger charge is -2.27. The quantitative estimate of drug-likeness (QED) is 0.456. The summed E-state index contributed by atoms with van der Waals surface area (Å²) in [7, 11) is 4.11. The van der Waals surface area contributed by atoms with Crippen LogP contribution in [0.4, 0.5) is 0 Å². The van der Waals surface area contributed by atoms with Gasteiger partial charge < -0.3 is 5.32 Å². The summed E-state index contributed by atoms with van der Waals surface area (Å²) in [5.74, 6) is 0. The van der Waals surface area contributed by atoms with Crippen molar-refractivity contribution in [3.05, 3.63) is 70.7 Å². The van der Waals surface area contributed by atoms with Gasteiger partial charge in [0.1, 0.15) is 13.2 Å². The van der Waals surface area contributed by atoms with Crippen LogP contribution in [0, 0.1) is 0 Å². The summed E-state index contributed by atoms with van der Waals surface area (Å²) in [5, 5.41) is 4.16. The largest absolute Gasteiger partial charge is 0.310 e. The highest BCUT2D eigenvalue weighted by molar-refractivity contribution is 6.30. The molecule has 118 valence electrons. The molecule has 0 saturated heterocycles. The van der Waals surface area contributed by atoms with E-state index in [4.69, 9.17) is 16.4 Å². The zero-order valence-electron chi connectivity index (χ0n) is 13.3. The summed E-state index contributed by atoms with van der Waals surface area (Å²) in [6, 6.07) is 18.3. The van der Waals surface area contributed by atoms with Crippen LogP contribution in [0.3, 0.4) is 0 Å². The SMILES string of the molecule is C[N+](C)(Cc1cccc(Cl)c1)OCCNCc1ccccc1. The maximum Gasteiger partial charge on any atom is 0.134 e. The molecule has 0 bridgehead atoms. The number of benzene rings is 2. The summed E-state index contributed by atoms with van der Waals surface area (Å²) in [5.41, 5.74) is 2.46. The first-order valence-electron chi connectivity index (χ1n) is 7.52. The number of hydroxylamine groups is 3. The molecule has 4 heteroatoms. The molecule has 0 heterocycles. The molecule has 22 heavy (non-hydrogen) atoms. The third kappa shape index (κ3) is 6.16. The molecule has 2 rings (SSSR count). The molecule has 0 fully saturated rings. The van der Waals surface area contributed by atoms with Gasteiger partial charge in [-0.1, -0.05) is 54.1 Å². The van der Waals surface area contributed by atoms with E-state index in [0.29, 0.717) is 11.3 Å². The van der Waals surface area contributed by atoms with Crippen molar-refractivity contribution in [2.24, 2.45) is 0 Å². The molecule has 0 aliphatic heterocycles. The van der Waals surface area contributed by atoms with E-state index in [1.165, 1.54) is 11.1 Å². The molecule has 0 spiro atoms. The van der Waals surface area contributed by atoms with E-state index in [-0.39, 0.29) is 0 Å². The van der Waals surface area contributed by atoms with E-state index in [1.54, 1.807) is 0 Å². The Bertz CT molecular complexity index is 572. The van der Waals surface area contributed by atoms with E-state index in [2.05, 4.69) is 49.7 Å². The van der Waals surface area contributed by atoms with Gasteiger partial charge in [-0.15, -0.1) is 0 Å². The zero-order valence-corrected chi connectivity index (χ0v) is 14.0. The van der Waals surface area contributed by atoms with Crippen molar-refractivity contribution in [3.8, 4) is 0 Å². The van der Waals surface area contributed by atoms with Gasteiger partial charge in [-0.2, -0.15) is 4.65 Å². The molecule has 0 aliphatic carbocycles. The minimum Gasteiger partial charge on any atom is -0.310 e. The van der Waals surface area contributed by atoms with Crippen molar-refractivity contribution in [1.29, 1.82) is 0 Å². The predicted molar refractivity (Wildman–Crippen MR) is 91.4 cm³/mol. The molecule has 0 aromatic heterocycles. The molecular weight excluding hydrogens is 296 g/mol. The predicted octanol–water partition coefficient (Wildman–Crippen LogP) is 3.64. The molecule has 0 saturated carbocycles. The van der Waals surface area contributed by atoms with Crippen molar-refractivity contribution >= 4 is 11.6 Å². The van der Waals surface area contributed by atoms with Crippen molar-refractivity contribution < 1.29 is 9.48 Å². The fraction of sp³-hybridized carbons (Fsp3) is 0.333. The van der Waals surface area contributed by atoms with E-state index in [9.17, 15) is 0 Å². The molecule has 0 amide bonds. The second kappa shape index (κ2) is 8.30. The molecule has 2 aromatic rings. The topological polar surface area (TPSA) is 21.3 Å². The molecule has 0 radical (unpaired) electrons. The third-order valence-corrected chi connectivity index (χ3v) is 3.58. The minimum absolute atomic E-state index is 0.480. The number of nitrogens with zero attached hydrogens (tertiary/aromatic N) is 1. The van der Waals surface area contributed by atoms with Crippen LogP contribution in [-0.4, -0.2) is 31.9 Å².